The minimum atomic E-state index is 0.595. The van der Waals surface area contributed by atoms with Crippen LogP contribution in [0.2, 0.25) is 0 Å². The van der Waals surface area contributed by atoms with Crippen molar-refractivity contribution < 1.29 is 13.9 Å². The van der Waals surface area contributed by atoms with Crippen LogP contribution in [0, 0.1) is 0 Å². The van der Waals surface area contributed by atoms with Crippen molar-refractivity contribution in [1.29, 1.82) is 0 Å². The summed E-state index contributed by atoms with van der Waals surface area (Å²) in [5.41, 5.74) is 4.25. The standard InChI is InChI=1S/C28H27NO3/c1-2-8-23-26(14-13-21-19-27(32-28(21)23)20-9-4-3-5-10-20)31-18-7-17-30-25-12-6-11-24-22(25)15-16-29-24/h3-6,9-16,19,29H,2,7-8,17-18H2,1H3. The van der Waals surface area contributed by atoms with E-state index in [1.54, 1.807) is 0 Å². The first-order valence-electron chi connectivity index (χ1n) is 11.3. The third-order valence-electron chi connectivity index (χ3n) is 5.66. The molecule has 4 heteroatoms. The molecule has 0 aliphatic heterocycles. The highest BCUT2D eigenvalue weighted by molar-refractivity contribution is 5.87. The number of hydrogen-bond acceptors (Lipinski definition) is 3. The van der Waals surface area contributed by atoms with E-state index in [2.05, 4.69) is 48.3 Å². The molecule has 0 saturated carbocycles. The zero-order valence-corrected chi connectivity index (χ0v) is 18.3. The van der Waals surface area contributed by atoms with Gasteiger partial charge in [0.1, 0.15) is 22.8 Å². The van der Waals surface area contributed by atoms with Crippen molar-refractivity contribution in [3.63, 3.8) is 0 Å². The zero-order chi connectivity index (χ0) is 21.8. The molecule has 0 radical (unpaired) electrons. The lowest BCUT2D eigenvalue weighted by Crippen LogP contribution is -2.06. The molecule has 0 spiro atoms. The fraction of sp³-hybridized carbons (Fsp3) is 0.214. The van der Waals surface area contributed by atoms with Crippen molar-refractivity contribution in [2.45, 2.75) is 26.2 Å². The maximum absolute atomic E-state index is 6.29. The van der Waals surface area contributed by atoms with Crippen molar-refractivity contribution in [3.8, 4) is 22.8 Å². The third-order valence-corrected chi connectivity index (χ3v) is 5.66. The van der Waals surface area contributed by atoms with Gasteiger partial charge in [0.05, 0.1) is 13.2 Å². The summed E-state index contributed by atoms with van der Waals surface area (Å²) >= 11 is 0. The number of ether oxygens (including phenoxy) is 2. The van der Waals surface area contributed by atoms with Crippen LogP contribution in [0.5, 0.6) is 11.5 Å². The molecular weight excluding hydrogens is 398 g/mol. The van der Waals surface area contributed by atoms with Gasteiger partial charge in [-0.15, -0.1) is 0 Å². The lowest BCUT2D eigenvalue weighted by molar-refractivity contribution is 0.247. The monoisotopic (exact) mass is 425 g/mol. The maximum atomic E-state index is 6.29. The first-order valence-corrected chi connectivity index (χ1v) is 11.3. The van der Waals surface area contributed by atoms with Crippen molar-refractivity contribution in [1.82, 2.24) is 4.98 Å². The summed E-state index contributed by atoms with van der Waals surface area (Å²) in [5.74, 6) is 2.70. The molecule has 0 saturated heterocycles. The molecule has 1 N–H and O–H groups in total. The number of rotatable bonds is 9. The summed E-state index contributed by atoms with van der Waals surface area (Å²) in [7, 11) is 0. The Morgan fingerprint density at radius 2 is 1.69 bits per heavy atom. The van der Waals surface area contributed by atoms with Gasteiger partial charge in [-0.3, -0.25) is 0 Å². The Morgan fingerprint density at radius 3 is 2.53 bits per heavy atom. The molecule has 2 aromatic heterocycles. The maximum Gasteiger partial charge on any atom is 0.141 e. The van der Waals surface area contributed by atoms with E-state index in [1.807, 2.05) is 42.6 Å². The molecule has 0 amide bonds. The summed E-state index contributed by atoms with van der Waals surface area (Å²) in [5, 5.41) is 2.22. The fourth-order valence-electron chi connectivity index (χ4n) is 4.11. The number of hydrogen-bond donors (Lipinski definition) is 1. The van der Waals surface area contributed by atoms with Crippen molar-refractivity contribution in [2.24, 2.45) is 0 Å². The lowest BCUT2D eigenvalue weighted by atomic mass is 10.1. The van der Waals surface area contributed by atoms with Crippen LogP contribution in [0.1, 0.15) is 25.3 Å². The molecule has 0 fully saturated rings. The van der Waals surface area contributed by atoms with Gasteiger partial charge in [-0.1, -0.05) is 49.7 Å². The van der Waals surface area contributed by atoms with Crippen LogP contribution >= 0.6 is 0 Å². The number of furan rings is 1. The van der Waals surface area contributed by atoms with E-state index in [1.165, 1.54) is 0 Å². The summed E-state index contributed by atoms with van der Waals surface area (Å²) in [6, 6.07) is 24.6. The molecule has 0 atom stereocenters. The SMILES string of the molecule is CCCc1c(OCCCOc2cccc3[nH]ccc23)ccc2cc(-c3ccccc3)oc12. The van der Waals surface area contributed by atoms with Crippen LogP contribution in [0.4, 0.5) is 0 Å². The average molecular weight is 426 g/mol. The van der Waals surface area contributed by atoms with E-state index in [0.717, 1.165) is 69.5 Å². The summed E-state index contributed by atoms with van der Waals surface area (Å²) in [4.78, 5) is 3.21. The molecule has 5 aromatic rings. The Balaban J connectivity index is 1.27. The minimum absolute atomic E-state index is 0.595. The second kappa shape index (κ2) is 9.23. The van der Waals surface area contributed by atoms with Crippen LogP contribution < -0.4 is 9.47 Å². The summed E-state index contributed by atoms with van der Waals surface area (Å²) in [6.07, 6.45) is 4.68. The Bertz CT molecular complexity index is 1320. The van der Waals surface area contributed by atoms with Gasteiger partial charge in [-0.05, 0) is 42.8 Å². The largest absolute Gasteiger partial charge is 0.493 e. The second-order valence-electron chi connectivity index (χ2n) is 7.93. The van der Waals surface area contributed by atoms with Crippen LogP contribution in [0.3, 0.4) is 0 Å². The molecular formula is C28H27NO3. The Morgan fingerprint density at radius 1 is 0.844 bits per heavy atom. The quantitative estimate of drug-likeness (QED) is 0.251. The predicted octanol–water partition coefficient (Wildman–Crippen LogP) is 7.38. The van der Waals surface area contributed by atoms with Gasteiger partial charge in [0.25, 0.3) is 0 Å². The van der Waals surface area contributed by atoms with Gasteiger partial charge >= 0.3 is 0 Å². The van der Waals surface area contributed by atoms with Crippen molar-refractivity contribution >= 4 is 21.9 Å². The van der Waals surface area contributed by atoms with Gasteiger partial charge in [-0.25, -0.2) is 0 Å². The van der Waals surface area contributed by atoms with Gasteiger partial charge in [0.15, 0.2) is 0 Å². The van der Waals surface area contributed by atoms with Crippen LogP contribution in [-0.2, 0) is 6.42 Å². The summed E-state index contributed by atoms with van der Waals surface area (Å²) in [6.45, 7) is 3.38. The highest BCUT2D eigenvalue weighted by atomic mass is 16.5. The van der Waals surface area contributed by atoms with Crippen LogP contribution in [0.25, 0.3) is 33.2 Å². The van der Waals surface area contributed by atoms with Gasteiger partial charge in [0, 0.05) is 40.0 Å². The van der Waals surface area contributed by atoms with Crippen LogP contribution in [-0.4, -0.2) is 18.2 Å². The summed E-state index contributed by atoms with van der Waals surface area (Å²) < 4.78 is 18.5. The minimum Gasteiger partial charge on any atom is -0.493 e. The van der Waals surface area contributed by atoms with E-state index >= 15 is 0 Å². The topological polar surface area (TPSA) is 47.4 Å². The zero-order valence-electron chi connectivity index (χ0n) is 18.3. The Kier molecular flexibility index (Phi) is 5.84. The predicted molar refractivity (Wildman–Crippen MR) is 130 cm³/mol. The van der Waals surface area contributed by atoms with E-state index in [-0.39, 0.29) is 0 Å². The highest BCUT2D eigenvalue weighted by Crippen LogP contribution is 2.35. The first kappa shape index (κ1) is 20.3. The van der Waals surface area contributed by atoms with Gasteiger partial charge in [-0.2, -0.15) is 0 Å². The van der Waals surface area contributed by atoms with E-state index in [9.17, 15) is 0 Å². The number of benzene rings is 3. The molecule has 162 valence electrons. The van der Waals surface area contributed by atoms with Gasteiger partial charge in [0.2, 0.25) is 0 Å². The number of nitrogens with one attached hydrogen (secondary N) is 1. The van der Waals surface area contributed by atoms with Gasteiger partial charge < -0.3 is 18.9 Å². The Labute approximate surface area is 187 Å². The van der Waals surface area contributed by atoms with Crippen molar-refractivity contribution in [3.05, 3.63) is 84.6 Å². The molecule has 32 heavy (non-hydrogen) atoms. The number of aryl methyl sites for hydroxylation is 1. The first-order chi connectivity index (χ1) is 15.8. The van der Waals surface area contributed by atoms with E-state index in [0.29, 0.717) is 13.2 Å². The van der Waals surface area contributed by atoms with E-state index in [4.69, 9.17) is 13.9 Å². The number of fused-ring (bicyclic) bond motifs is 2. The smallest absolute Gasteiger partial charge is 0.141 e. The molecule has 4 nitrogen and oxygen atoms in total. The second-order valence-corrected chi connectivity index (χ2v) is 7.93. The molecule has 5 rings (SSSR count). The third kappa shape index (κ3) is 4.09. The molecule has 0 bridgehead atoms. The lowest BCUT2D eigenvalue weighted by Gasteiger charge is -2.12. The average Bonchev–Trinajstić information content (AvgIpc) is 3.48. The van der Waals surface area contributed by atoms with E-state index < -0.39 is 0 Å². The number of aromatic nitrogens is 1. The normalized spacial score (nSPS) is 11.3. The van der Waals surface area contributed by atoms with Crippen molar-refractivity contribution in [2.75, 3.05) is 13.2 Å². The molecule has 0 aliphatic carbocycles. The Hall–Kier alpha value is -3.66. The molecule has 2 heterocycles. The number of H-pyrrole nitrogens is 1. The number of aromatic amines is 1. The fourth-order valence-corrected chi connectivity index (χ4v) is 4.11. The highest BCUT2D eigenvalue weighted by Gasteiger charge is 2.14. The molecule has 0 aliphatic rings. The molecule has 0 unspecified atom stereocenters. The molecule has 3 aromatic carbocycles. The van der Waals surface area contributed by atoms with Crippen LogP contribution in [0.15, 0.2) is 83.4 Å².